The van der Waals surface area contributed by atoms with E-state index in [1.165, 1.54) is 156 Å². The van der Waals surface area contributed by atoms with Crippen molar-refractivity contribution in [2.45, 2.75) is 101 Å². The highest BCUT2D eigenvalue weighted by Crippen LogP contribution is 2.17. The minimum absolute atomic E-state index is 0.773. The molecule has 0 aromatic carbocycles. The van der Waals surface area contributed by atoms with Gasteiger partial charge in [0.15, 0.2) is 0 Å². The summed E-state index contributed by atoms with van der Waals surface area (Å²) in [7, 11) is -19.8. The van der Waals surface area contributed by atoms with Crippen LogP contribution >= 0.6 is 0 Å². The molecule has 28 heteroatoms. The fourth-order valence-corrected chi connectivity index (χ4v) is 6.52. The smallest absolute Gasteiger partial charge is 0.101 e. The third-order valence-electron chi connectivity index (χ3n) is 8.73. The molecule has 0 spiro atoms. The van der Waals surface area contributed by atoms with Gasteiger partial charge in [-0.1, -0.05) is 12.8 Å². The molecule has 2 aliphatic heterocycles. The van der Waals surface area contributed by atoms with E-state index >= 15 is 0 Å². The fraction of sp³-hybridized carbons (Fsp3) is 1.00. The zero-order valence-corrected chi connectivity index (χ0v) is 34.7. The van der Waals surface area contributed by atoms with Crippen LogP contribution in [0, 0.1) is 41.0 Å². The van der Waals surface area contributed by atoms with Gasteiger partial charge in [-0.15, -0.1) is 41.0 Å². The normalized spacial score (nSPS) is 25.7. The molecule has 2 saturated heterocycles. The summed E-state index contributed by atoms with van der Waals surface area (Å²) in [6, 6.07) is 3.22. The van der Waals surface area contributed by atoms with Gasteiger partial charge in [0.2, 0.25) is 0 Å². The van der Waals surface area contributed by atoms with Gasteiger partial charge in [0.25, 0.3) is 0 Å². The molecule has 0 amide bonds. The lowest BCUT2D eigenvalue weighted by atomic mass is 9.90. The quantitative estimate of drug-likeness (QED) is 0.112. The fourth-order valence-electron chi connectivity index (χ4n) is 6.52. The molecule has 2 aliphatic carbocycles. The lowest BCUT2D eigenvalue weighted by Crippen LogP contribution is -2.94. The first-order chi connectivity index (χ1) is 25.9. The summed E-state index contributed by atoms with van der Waals surface area (Å²) in [6.45, 7) is 14.7. The molecule has 4 atom stereocenters. The predicted octanol–water partition coefficient (Wildman–Crippen LogP) is -22.2. The van der Waals surface area contributed by atoms with Crippen LogP contribution in [-0.4, -0.2) is 103 Å². The summed E-state index contributed by atoms with van der Waals surface area (Å²) >= 11 is 0. The minimum Gasteiger partial charge on any atom is -0.345 e. The molecule has 4 rings (SSSR count). The number of nitrogens with one attached hydrogen (secondary N) is 4. The average Bonchev–Trinajstić information content (AvgIpc) is 3.04. The standard InChI is InChI=1S/2C14H30N4.4ClHO4/c2*1-2-6-14-13(5-1)17-9-3-7-15-11-12-16-8-4-10-18-14;4*2-1(3,4)5/h2*13-18H,1-12H2;4*(H,2,3,4,5)/t2*13-,14-;;;;/m11..../s1. The van der Waals surface area contributed by atoms with Crippen molar-refractivity contribution < 1.29 is 137 Å². The monoisotopic (exact) mass is 908 g/mol. The van der Waals surface area contributed by atoms with E-state index in [4.69, 9.17) is 74.5 Å². The Hall–Kier alpha value is 0.200. The van der Waals surface area contributed by atoms with Crippen LogP contribution in [0.3, 0.4) is 0 Å². The first kappa shape index (κ1) is 58.3. The highest BCUT2D eigenvalue weighted by molar-refractivity contribution is 4.80. The van der Waals surface area contributed by atoms with Crippen molar-refractivity contribution >= 4 is 0 Å². The molecule has 340 valence electrons. The van der Waals surface area contributed by atoms with Crippen LogP contribution in [0.25, 0.3) is 0 Å². The molecule has 0 aromatic rings. The number of hydrogen-bond acceptors (Lipinski definition) is 20. The first-order valence-corrected chi connectivity index (χ1v) is 23.5. The summed E-state index contributed by atoms with van der Waals surface area (Å²) in [5, 5.41) is 24.8. The summed E-state index contributed by atoms with van der Waals surface area (Å²) in [4.78, 5) is 0. The van der Waals surface area contributed by atoms with E-state index in [0.717, 1.165) is 24.2 Å². The number of hydrogen-bond donors (Lipinski definition) is 8. The Morgan fingerprint density at radius 3 is 0.929 bits per heavy atom. The van der Waals surface area contributed by atoms with Crippen LogP contribution in [0.1, 0.15) is 77.0 Å². The van der Waals surface area contributed by atoms with E-state index in [-0.39, 0.29) is 0 Å². The molecular weight excluding hydrogens is 846 g/mol. The van der Waals surface area contributed by atoms with E-state index in [2.05, 4.69) is 42.5 Å². The molecule has 0 radical (unpaired) electrons. The molecule has 56 heavy (non-hydrogen) atoms. The second kappa shape index (κ2) is 34.9. The summed E-state index contributed by atoms with van der Waals surface area (Å²) in [6.07, 6.45) is 16.6. The molecule has 2 saturated carbocycles. The van der Waals surface area contributed by atoms with E-state index in [0.29, 0.717) is 0 Å². The molecule has 2 heterocycles. The van der Waals surface area contributed by atoms with Crippen LogP contribution < -0.4 is 117 Å². The molecule has 24 nitrogen and oxygen atoms in total. The maximum atomic E-state index is 8.49. The van der Waals surface area contributed by atoms with Gasteiger partial charge in [0.05, 0.1) is 51.4 Å². The van der Waals surface area contributed by atoms with Gasteiger partial charge in [-0.2, -0.15) is 0 Å². The Morgan fingerprint density at radius 1 is 0.321 bits per heavy atom. The lowest BCUT2D eigenvalue weighted by molar-refractivity contribution is -2.00. The third-order valence-corrected chi connectivity index (χ3v) is 8.73. The molecule has 12 N–H and O–H groups in total. The van der Waals surface area contributed by atoms with Crippen LogP contribution in [0.5, 0.6) is 0 Å². The number of quaternary nitrogens is 4. The van der Waals surface area contributed by atoms with Crippen molar-refractivity contribution in [1.29, 1.82) is 0 Å². The predicted molar refractivity (Wildman–Crippen MR) is 149 cm³/mol. The molecule has 0 bridgehead atoms. The zero-order chi connectivity index (χ0) is 42.9. The lowest BCUT2D eigenvalue weighted by Gasteiger charge is -2.30. The van der Waals surface area contributed by atoms with Gasteiger partial charge in [-0.3, -0.25) is 0 Å². The number of fused-ring (bicyclic) bond motifs is 2. The summed E-state index contributed by atoms with van der Waals surface area (Å²) in [5.74, 6) is 0. The Morgan fingerprint density at radius 2 is 0.607 bits per heavy atom. The van der Waals surface area contributed by atoms with Gasteiger partial charge in [-0.05, 0) is 25.7 Å². The van der Waals surface area contributed by atoms with Crippen LogP contribution in [-0.2, 0) is 0 Å². The van der Waals surface area contributed by atoms with E-state index < -0.39 is 41.0 Å². The van der Waals surface area contributed by atoms with E-state index in [1.54, 1.807) is 0 Å². The van der Waals surface area contributed by atoms with Gasteiger partial charge in [-0.25, -0.2) is 74.5 Å². The highest BCUT2D eigenvalue weighted by atomic mass is 35.7. The van der Waals surface area contributed by atoms with E-state index in [9.17, 15) is 0 Å². The molecular formula is C28H64Cl4N8O16. The third kappa shape index (κ3) is 56.3. The maximum absolute atomic E-state index is 8.49. The van der Waals surface area contributed by atoms with Crippen LogP contribution in [0.4, 0.5) is 0 Å². The van der Waals surface area contributed by atoms with Crippen molar-refractivity contribution in [1.82, 2.24) is 21.3 Å². The van der Waals surface area contributed by atoms with Gasteiger partial charge in [0.1, 0.15) is 12.1 Å². The van der Waals surface area contributed by atoms with Gasteiger partial charge in [0, 0.05) is 77.8 Å². The first-order valence-electron chi connectivity index (χ1n) is 18.6. The molecule has 0 unspecified atom stereocenters. The Labute approximate surface area is 337 Å². The maximum Gasteiger partial charge on any atom is 0.101 e. The summed E-state index contributed by atoms with van der Waals surface area (Å²) < 4.78 is 136. The van der Waals surface area contributed by atoms with Crippen molar-refractivity contribution in [2.24, 2.45) is 0 Å². The van der Waals surface area contributed by atoms with Crippen molar-refractivity contribution in [3.63, 3.8) is 0 Å². The molecule has 4 fully saturated rings. The van der Waals surface area contributed by atoms with Crippen molar-refractivity contribution in [3.8, 4) is 0 Å². The number of halogens is 4. The Balaban J connectivity index is 0. The number of rotatable bonds is 0. The summed E-state index contributed by atoms with van der Waals surface area (Å²) in [5.41, 5.74) is 0. The molecule has 4 aliphatic rings. The Bertz CT molecular complexity index is 724. The highest BCUT2D eigenvalue weighted by Gasteiger charge is 2.28. The second-order valence-corrected chi connectivity index (χ2v) is 16.2. The SMILES string of the molecule is C1CN[C@@H]2CCCC[C@H]2[NH2+]CCCNCC[NH2+]C1.C1CN[C@@H]2CCCC[C@H]2[NH2+]CCCNCC[NH2+]C1.[O-][Cl+3]([O-])([O-])[O-].[O-][Cl+3]([O-])([O-])[O-].[O-][Cl+3]([O-])([O-])[O-].[O-][Cl+3]([O-])([O-])[O-]. The van der Waals surface area contributed by atoms with Crippen molar-refractivity contribution in [2.75, 3.05) is 78.5 Å². The van der Waals surface area contributed by atoms with Gasteiger partial charge < -0.3 is 42.5 Å². The van der Waals surface area contributed by atoms with Crippen LogP contribution in [0.15, 0.2) is 0 Å². The average molecular weight is 911 g/mol. The van der Waals surface area contributed by atoms with Crippen molar-refractivity contribution in [3.05, 3.63) is 0 Å². The zero-order valence-electron chi connectivity index (χ0n) is 31.6. The second-order valence-electron chi connectivity index (χ2n) is 13.2. The molecule has 0 aromatic heterocycles. The minimum atomic E-state index is -4.94. The number of nitrogens with two attached hydrogens (primary N) is 4. The Kier molecular flexibility index (Phi) is 36.3. The van der Waals surface area contributed by atoms with Gasteiger partial charge >= 0.3 is 0 Å². The van der Waals surface area contributed by atoms with Crippen LogP contribution in [0.2, 0.25) is 0 Å². The van der Waals surface area contributed by atoms with E-state index in [1.807, 2.05) is 0 Å². The largest absolute Gasteiger partial charge is 0.345 e. The topological polar surface area (TPSA) is 484 Å².